The number of hydrogen-bond acceptors (Lipinski definition) is 4. The second-order valence-corrected chi connectivity index (χ2v) is 5.83. The summed E-state index contributed by atoms with van der Waals surface area (Å²) in [5.41, 5.74) is 0.377. The Hall–Kier alpha value is -3.62. The molecular formula is C19H12F4N4O. The highest BCUT2D eigenvalue weighted by atomic mass is 19.4. The van der Waals surface area contributed by atoms with E-state index in [1.54, 1.807) is 24.3 Å². The molecule has 2 aromatic carbocycles. The molecule has 0 aliphatic carbocycles. The molecule has 0 spiro atoms. The van der Waals surface area contributed by atoms with E-state index in [2.05, 4.69) is 20.3 Å². The number of imidazole rings is 1. The van der Waals surface area contributed by atoms with Crippen molar-refractivity contribution in [2.24, 2.45) is 0 Å². The zero-order valence-corrected chi connectivity index (χ0v) is 14.1. The van der Waals surface area contributed by atoms with Crippen molar-refractivity contribution in [2.75, 3.05) is 5.32 Å². The van der Waals surface area contributed by atoms with Crippen LogP contribution in [0.25, 0.3) is 11.0 Å². The standard InChI is InChI=1S/C19H12F4N4O/c20-14-4-1-5-15-16(14)27-18(26-15)25-11-6-8-12(9-7-11)28-17-13(19(21,22)23)3-2-10-24-17/h1-10H,(H2,25,26,27). The number of anilines is 2. The first-order chi connectivity index (χ1) is 13.4. The number of para-hydroxylation sites is 1. The largest absolute Gasteiger partial charge is 0.438 e. The number of ether oxygens (including phenoxy) is 1. The van der Waals surface area contributed by atoms with Crippen molar-refractivity contribution >= 4 is 22.7 Å². The van der Waals surface area contributed by atoms with Crippen molar-refractivity contribution in [3.05, 3.63) is 72.2 Å². The molecule has 0 radical (unpaired) electrons. The highest BCUT2D eigenvalue weighted by Gasteiger charge is 2.35. The molecule has 142 valence electrons. The van der Waals surface area contributed by atoms with Crippen molar-refractivity contribution in [2.45, 2.75) is 6.18 Å². The number of aromatic nitrogens is 3. The number of halogens is 4. The summed E-state index contributed by atoms with van der Waals surface area (Å²) in [7, 11) is 0. The summed E-state index contributed by atoms with van der Waals surface area (Å²) in [6, 6.07) is 12.8. The van der Waals surface area contributed by atoms with E-state index in [0.717, 1.165) is 6.07 Å². The quantitative estimate of drug-likeness (QED) is 0.444. The van der Waals surface area contributed by atoms with Gasteiger partial charge in [0.15, 0.2) is 5.82 Å². The number of alkyl halides is 3. The summed E-state index contributed by atoms with van der Waals surface area (Å²) in [5, 5.41) is 2.96. The van der Waals surface area contributed by atoms with E-state index in [0.29, 0.717) is 17.2 Å². The van der Waals surface area contributed by atoms with Crippen LogP contribution in [-0.4, -0.2) is 15.0 Å². The van der Waals surface area contributed by atoms with Gasteiger partial charge in [-0.15, -0.1) is 0 Å². The van der Waals surface area contributed by atoms with E-state index in [-0.39, 0.29) is 11.3 Å². The molecule has 0 saturated carbocycles. The molecule has 0 bridgehead atoms. The Bertz CT molecular complexity index is 1120. The normalized spacial score (nSPS) is 11.6. The highest BCUT2D eigenvalue weighted by Crippen LogP contribution is 2.36. The summed E-state index contributed by atoms with van der Waals surface area (Å²) in [4.78, 5) is 10.7. The van der Waals surface area contributed by atoms with Gasteiger partial charge < -0.3 is 15.0 Å². The van der Waals surface area contributed by atoms with Crippen molar-refractivity contribution < 1.29 is 22.3 Å². The van der Waals surface area contributed by atoms with E-state index in [9.17, 15) is 17.6 Å². The van der Waals surface area contributed by atoms with Gasteiger partial charge in [0.05, 0.1) is 5.52 Å². The SMILES string of the molecule is Fc1cccc2[nH]c(Nc3ccc(Oc4ncccc4C(F)(F)F)cc3)nc12. The molecule has 0 fully saturated rings. The number of pyridine rings is 1. The van der Waals surface area contributed by atoms with Gasteiger partial charge in [0.25, 0.3) is 0 Å². The molecule has 0 aliphatic heterocycles. The van der Waals surface area contributed by atoms with Crippen LogP contribution in [0.3, 0.4) is 0 Å². The molecule has 0 aliphatic rings. The molecule has 2 aromatic heterocycles. The maximum Gasteiger partial charge on any atom is 0.421 e. The van der Waals surface area contributed by atoms with Gasteiger partial charge in [-0.1, -0.05) is 6.07 Å². The fourth-order valence-electron chi connectivity index (χ4n) is 2.60. The van der Waals surface area contributed by atoms with E-state index in [4.69, 9.17) is 4.74 Å². The molecule has 0 amide bonds. The average Bonchev–Trinajstić information content (AvgIpc) is 3.07. The lowest BCUT2D eigenvalue weighted by atomic mass is 10.2. The molecule has 5 nitrogen and oxygen atoms in total. The van der Waals surface area contributed by atoms with Crippen LogP contribution in [0.2, 0.25) is 0 Å². The third-order valence-corrected chi connectivity index (χ3v) is 3.87. The van der Waals surface area contributed by atoms with Crippen molar-refractivity contribution in [1.82, 2.24) is 15.0 Å². The number of hydrogen-bond donors (Lipinski definition) is 2. The number of H-pyrrole nitrogens is 1. The Morgan fingerprint density at radius 1 is 0.964 bits per heavy atom. The van der Waals surface area contributed by atoms with Gasteiger partial charge in [0, 0.05) is 11.9 Å². The summed E-state index contributed by atoms with van der Waals surface area (Å²) in [6.07, 6.45) is -3.34. The number of nitrogens with zero attached hydrogens (tertiary/aromatic N) is 2. The van der Waals surface area contributed by atoms with Crippen LogP contribution in [0.15, 0.2) is 60.8 Å². The molecule has 0 atom stereocenters. The first-order valence-electron chi connectivity index (χ1n) is 8.11. The highest BCUT2D eigenvalue weighted by molar-refractivity contribution is 5.78. The van der Waals surface area contributed by atoms with Gasteiger partial charge in [0.1, 0.15) is 16.8 Å². The Labute approximate surface area is 156 Å². The lowest BCUT2D eigenvalue weighted by Crippen LogP contribution is -2.08. The van der Waals surface area contributed by atoms with E-state index >= 15 is 0 Å². The molecule has 2 N–H and O–H groups in total. The van der Waals surface area contributed by atoms with E-state index in [1.807, 2.05) is 0 Å². The van der Waals surface area contributed by atoms with Crippen LogP contribution in [0.4, 0.5) is 29.2 Å². The molecule has 0 unspecified atom stereocenters. The van der Waals surface area contributed by atoms with Crippen LogP contribution < -0.4 is 10.1 Å². The number of benzene rings is 2. The van der Waals surface area contributed by atoms with Gasteiger partial charge in [0.2, 0.25) is 11.8 Å². The summed E-state index contributed by atoms with van der Waals surface area (Å²) >= 11 is 0. The lowest BCUT2D eigenvalue weighted by Gasteiger charge is -2.12. The minimum atomic E-state index is -4.57. The lowest BCUT2D eigenvalue weighted by molar-refractivity contribution is -0.138. The van der Waals surface area contributed by atoms with E-state index < -0.39 is 23.4 Å². The molecule has 9 heteroatoms. The third kappa shape index (κ3) is 3.59. The second kappa shape index (κ2) is 6.84. The predicted molar refractivity (Wildman–Crippen MR) is 95.1 cm³/mol. The van der Waals surface area contributed by atoms with Gasteiger partial charge in [-0.25, -0.2) is 14.4 Å². The molecular weight excluding hydrogens is 376 g/mol. The van der Waals surface area contributed by atoms with Crippen LogP contribution in [0.1, 0.15) is 5.56 Å². The molecule has 4 aromatic rings. The number of nitrogens with one attached hydrogen (secondary N) is 2. The van der Waals surface area contributed by atoms with E-state index in [1.165, 1.54) is 30.5 Å². The average molecular weight is 388 g/mol. The van der Waals surface area contributed by atoms with Crippen molar-refractivity contribution in [3.63, 3.8) is 0 Å². The predicted octanol–water partition coefficient (Wildman–Crippen LogP) is 5.65. The van der Waals surface area contributed by atoms with Gasteiger partial charge >= 0.3 is 6.18 Å². The number of fused-ring (bicyclic) bond motifs is 1. The maximum absolute atomic E-state index is 13.7. The van der Waals surface area contributed by atoms with Gasteiger partial charge in [-0.2, -0.15) is 13.2 Å². The number of rotatable bonds is 4. The fourth-order valence-corrected chi connectivity index (χ4v) is 2.60. The van der Waals surface area contributed by atoms with Crippen LogP contribution in [-0.2, 0) is 6.18 Å². The Balaban J connectivity index is 1.52. The first kappa shape index (κ1) is 17.8. The topological polar surface area (TPSA) is 62.8 Å². The Kier molecular flexibility index (Phi) is 4.34. The summed E-state index contributed by atoms with van der Waals surface area (Å²) in [5.74, 6) is -0.451. The maximum atomic E-state index is 13.7. The van der Waals surface area contributed by atoms with Crippen LogP contribution in [0, 0.1) is 5.82 Å². The van der Waals surface area contributed by atoms with Crippen LogP contribution in [0.5, 0.6) is 11.6 Å². The monoisotopic (exact) mass is 388 g/mol. The smallest absolute Gasteiger partial charge is 0.421 e. The second-order valence-electron chi connectivity index (χ2n) is 5.83. The fraction of sp³-hybridized carbons (Fsp3) is 0.0526. The summed E-state index contributed by atoms with van der Waals surface area (Å²) < 4.78 is 58.0. The Morgan fingerprint density at radius 2 is 1.75 bits per heavy atom. The van der Waals surface area contributed by atoms with Crippen molar-refractivity contribution in [1.29, 1.82) is 0 Å². The third-order valence-electron chi connectivity index (χ3n) is 3.87. The molecule has 28 heavy (non-hydrogen) atoms. The van der Waals surface area contributed by atoms with Crippen LogP contribution >= 0.6 is 0 Å². The molecule has 4 rings (SSSR count). The molecule has 0 saturated heterocycles. The minimum absolute atomic E-state index is 0.186. The zero-order valence-electron chi connectivity index (χ0n) is 14.1. The zero-order chi connectivity index (χ0) is 19.7. The first-order valence-corrected chi connectivity index (χ1v) is 8.11. The van der Waals surface area contributed by atoms with Crippen molar-refractivity contribution in [3.8, 4) is 11.6 Å². The minimum Gasteiger partial charge on any atom is -0.438 e. The Morgan fingerprint density at radius 3 is 2.46 bits per heavy atom. The number of aromatic amines is 1. The summed E-state index contributed by atoms with van der Waals surface area (Å²) in [6.45, 7) is 0. The van der Waals surface area contributed by atoms with Gasteiger partial charge in [-0.3, -0.25) is 0 Å². The van der Waals surface area contributed by atoms with Gasteiger partial charge in [-0.05, 0) is 48.5 Å². The molecule has 2 heterocycles.